The summed E-state index contributed by atoms with van der Waals surface area (Å²) in [4.78, 5) is 25.4. The van der Waals surface area contributed by atoms with Crippen molar-refractivity contribution in [3.63, 3.8) is 0 Å². The number of halogens is 1. The number of amides is 1. The molecule has 1 aliphatic heterocycles. The SMILES string of the molecule is CCOc1cc(C(=O)N2CC(C)CC(C(=O)O)C2)cc(Cl)c1O. The van der Waals surface area contributed by atoms with Crippen LogP contribution in [0.15, 0.2) is 12.1 Å². The first-order valence-corrected chi connectivity index (χ1v) is 7.88. The number of likely N-dealkylation sites (tertiary alicyclic amines) is 1. The number of aromatic hydroxyl groups is 1. The van der Waals surface area contributed by atoms with Crippen molar-refractivity contribution in [1.29, 1.82) is 0 Å². The van der Waals surface area contributed by atoms with Gasteiger partial charge in [-0.1, -0.05) is 18.5 Å². The average molecular weight is 342 g/mol. The van der Waals surface area contributed by atoms with Gasteiger partial charge in [0.2, 0.25) is 0 Å². The van der Waals surface area contributed by atoms with Crippen LogP contribution < -0.4 is 4.74 Å². The molecule has 126 valence electrons. The lowest BCUT2D eigenvalue weighted by molar-refractivity contribution is -0.143. The highest BCUT2D eigenvalue weighted by Crippen LogP contribution is 2.36. The molecule has 1 fully saturated rings. The van der Waals surface area contributed by atoms with Crippen LogP contribution in [0.1, 0.15) is 30.6 Å². The maximum absolute atomic E-state index is 12.7. The Balaban J connectivity index is 2.27. The zero-order valence-electron chi connectivity index (χ0n) is 13.1. The summed E-state index contributed by atoms with van der Waals surface area (Å²) < 4.78 is 5.28. The number of rotatable bonds is 4. The van der Waals surface area contributed by atoms with E-state index >= 15 is 0 Å². The van der Waals surface area contributed by atoms with Crippen LogP contribution in [0.5, 0.6) is 11.5 Å². The maximum Gasteiger partial charge on any atom is 0.308 e. The van der Waals surface area contributed by atoms with Crippen LogP contribution in [0.25, 0.3) is 0 Å². The molecule has 0 aromatic heterocycles. The summed E-state index contributed by atoms with van der Waals surface area (Å²) >= 11 is 5.95. The number of phenolic OH excluding ortho intramolecular Hbond substituents is 1. The fourth-order valence-corrected chi connectivity index (χ4v) is 3.05. The Morgan fingerprint density at radius 2 is 2.09 bits per heavy atom. The third-order valence-corrected chi connectivity index (χ3v) is 4.16. The molecule has 0 radical (unpaired) electrons. The average Bonchev–Trinajstić information content (AvgIpc) is 2.50. The zero-order valence-corrected chi connectivity index (χ0v) is 13.8. The maximum atomic E-state index is 12.7. The Labute approximate surface area is 139 Å². The highest BCUT2D eigenvalue weighted by molar-refractivity contribution is 6.32. The topological polar surface area (TPSA) is 87.1 Å². The van der Waals surface area contributed by atoms with E-state index in [0.29, 0.717) is 19.6 Å². The molecule has 2 atom stereocenters. The third-order valence-electron chi connectivity index (χ3n) is 3.87. The number of phenols is 1. The fraction of sp³-hybridized carbons (Fsp3) is 0.500. The molecule has 0 aliphatic carbocycles. The molecule has 0 saturated carbocycles. The monoisotopic (exact) mass is 341 g/mol. The summed E-state index contributed by atoms with van der Waals surface area (Å²) in [5.41, 5.74) is 0.273. The van der Waals surface area contributed by atoms with Crippen molar-refractivity contribution in [2.75, 3.05) is 19.7 Å². The van der Waals surface area contributed by atoms with Gasteiger partial charge >= 0.3 is 5.97 Å². The standard InChI is InChI=1S/C16H20ClNO5/c1-3-23-13-6-10(5-12(17)14(13)19)15(20)18-7-9(2)4-11(8-18)16(21)22/h5-6,9,11,19H,3-4,7-8H2,1-2H3,(H,21,22). The van der Waals surface area contributed by atoms with E-state index < -0.39 is 11.9 Å². The van der Waals surface area contributed by atoms with E-state index in [1.165, 1.54) is 17.0 Å². The molecule has 0 bridgehead atoms. The van der Waals surface area contributed by atoms with Crippen LogP contribution in [-0.2, 0) is 4.79 Å². The van der Waals surface area contributed by atoms with Gasteiger partial charge in [-0.25, -0.2) is 0 Å². The van der Waals surface area contributed by atoms with Crippen molar-refractivity contribution < 1.29 is 24.5 Å². The second kappa shape index (κ2) is 7.08. The lowest BCUT2D eigenvalue weighted by Crippen LogP contribution is -2.45. The Hall–Kier alpha value is -1.95. The van der Waals surface area contributed by atoms with E-state index in [1.807, 2.05) is 6.92 Å². The van der Waals surface area contributed by atoms with Crippen molar-refractivity contribution in [3.8, 4) is 11.5 Å². The van der Waals surface area contributed by atoms with E-state index in [9.17, 15) is 19.8 Å². The first kappa shape index (κ1) is 17.4. The Morgan fingerprint density at radius 1 is 1.39 bits per heavy atom. The van der Waals surface area contributed by atoms with Gasteiger partial charge in [0, 0.05) is 18.7 Å². The number of carbonyl (C=O) groups is 2. The van der Waals surface area contributed by atoms with Gasteiger partial charge in [0.05, 0.1) is 17.5 Å². The highest BCUT2D eigenvalue weighted by atomic mass is 35.5. The Kier molecular flexibility index (Phi) is 5.36. The van der Waals surface area contributed by atoms with Crippen molar-refractivity contribution in [3.05, 3.63) is 22.7 Å². The molecule has 2 rings (SSSR count). The van der Waals surface area contributed by atoms with Gasteiger partial charge in [-0.05, 0) is 31.4 Å². The molecule has 1 amide bonds. The number of carboxylic acids is 1. The second-order valence-corrected chi connectivity index (χ2v) is 6.23. The minimum Gasteiger partial charge on any atom is -0.503 e. The fourth-order valence-electron chi connectivity index (χ4n) is 2.84. The predicted molar refractivity (Wildman–Crippen MR) is 85.1 cm³/mol. The second-order valence-electron chi connectivity index (χ2n) is 5.82. The molecule has 1 saturated heterocycles. The van der Waals surface area contributed by atoms with Crippen LogP contribution in [0.3, 0.4) is 0 Å². The number of hydrogen-bond donors (Lipinski definition) is 2. The van der Waals surface area contributed by atoms with Crippen LogP contribution in [0.2, 0.25) is 5.02 Å². The summed E-state index contributed by atoms with van der Waals surface area (Å²) in [6, 6.07) is 2.80. The van der Waals surface area contributed by atoms with Gasteiger partial charge in [-0.2, -0.15) is 0 Å². The molecule has 1 aromatic carbocycles. The number of carbonyl (C=O) groups excluding carboxylic acids is 1. The first-order valence-electron chi connectivity index (χ1n) is 7.50. The number of carboxylic acid groups (broad SMARTS) is 1. The van der Waals surface area contributed by atoms with Crippen molar-refractivity contribution >= 4 is 23.5 Å². The lowest BCUT2D eigenvalue weighted by Gasteiger charge is -2.34. The van der Waals surface area contributed by atoms with E-state index in [0.717, 1.165) is 0 Å². The predicted octanol–water partition coefficient (Wildman–Crippen LogP) is 2.63. The molecular formula is C16H20ClNO5. The molecule has 2 unspecified atom stereocenters. The Morgan fingerprint density at radius 3 is 2.70 bits per heavy atom. The summed E-state index contributed by atoms with van der Waals surface area (Å²) in [7, 11) is 0. The van der Waals surface area contributed by atoms with Gasteiger partial charge in [-0.15, -0.1) is 0 Å². The molecular weight excluding hydrogens is 322 g/mol. The van der Waals surface area contributed by atoms with Crippen LogP contribution in [0.4, 0.5) is 0 Å². The number of nitrogens with zero attached hydrogens (tertiary/aromatic N) is 1. The minimum absolute atomic E-state index is 0.0270. The summed E-state index contributed by atoms with van der Waals surface area (Å²) in [5, 5.41) is 19.1. The van der Waals surface area contributed by atoms with Crippen LogP contribution in [-0.4, -0.2) is 46.7 Å². The third kappa shape index (κ3) is 3.88. The molecule has 6 nitrogen and oxygen atoms in total. The van der Waals surface area contributed by atoms with Gasteiger partial charge in [0.25, 0.3) is 5.91 Å². The Bertz CT molecular complexity index is 619. The number of ether oxygens (including phenoxy) is 1. The largest absolute Gasteiger partial charge is 0.503 e. The molecule has 2 N–H and O–H groups in total. The van der Waals surface area contributed by atoms with E-state index in [4.69, 9.17) is 16.3 Å². The molecule has 7 heteroatoms. The van der Waals surface area contributed by atoms with E-state index in [1.54, 1.807) is 6.92 Å². The van der Waals surface area contributed by atoms with Crippen LogP contribution >= 0.6 is 11.6 Å². The normalized spacial score (nSPS) is 21.1. The highest BCUT2D eigenvalue weighted by Gasteiger charge is 2.32. The molecule has 1 heterocycles. The van der Waals surface area contributed by atoms with Crippen molar-refractivity contribution in [1.82, 2.24) is 4.90 Å². The first-order chi connectivity index (χ1) is 10.8. The van der Waals surface area contributed by atoms with Crippen molar-refractivity contribution in [2.45, 2.75) is 20.3 Å². The molecule has 23 heavy (non-hydrogen) atoms. The lowest BCUT2D eigenvalue weighted by atomic mass is 9.90. The van der Waals surface area contributed by atoms with Gasteiger partial charge in [-0.3, -0.25) is 9.59 Å². The molecule has 1 aliphatic rings. The number of benzene rings is 1. The minimum atomic E-state index is -0.895. The smallest absolute Gasteiger partial charge is 0.308 e. The van der Waals surface area contributed by atoms with Crippen LogP contribution in [0, 0.1) is 11.8 Å². The summed E-state index contributed by atoms with van der Waals surface area (Å²) in [5.74, 6) is -1.74. The van der Waals surface area contributed by atoms with Crippen molar-refractivity contribution in [2.24, 2.45) is 11.8 Å². The summed E-state index contributed by atoms with van der Waals surface area (Å²) in [6.45, 7) is 4.66. The number of piperidine rings is 1. The zero-order chi connectivity index (χ0) is 17.1. The van der Waals surface area contributed by atoms with Gasteiger partial charge in [0.15, 0.2) is 11.5 Å². The van der Waals surface area contributed by atoms with Gasteiger partial charge in [0.1, 0.15) is 0 Å². The van der Waals surface area contributed by atoms with E-state index in [-0.39, 0.29) is 40.5 Å². The van der Waals surface area contributed by atoms with Gasteiger partial charge < -0.3 is 19.8 Å². The quantitative estimate of drug-likeness (QED) is 0.879. The van der Waals surface area contributed by atoms with E-state index in [2.05, 4.69) is 0 Å². The molecule has 1 aromatic rings. The number of hydrogen-bond acceptors (Lipinski definition) is 4. The molecule has 0 spiro atoms. The summed E-state index contributed by atoms with van der Waals surface area (Å²) in [6.07, 6.45) is 0.555. The number of aliphatic carboxylic acids is 1.